The van der Waals surface area contributed by atoms with Gasteiger partial charge in [-0.3, -0.25) is 0 Å². The average Bonchev–Trinajstić information content (AvgIpc) is 3.23. The molecule has 0 amide bonds. The topological polar surface area (TPSA) is 86.6 Å². The number of unbranched alkanes of at least 4 members (excludes halogenated alkanes) is 19. The van der Waals surface area contributed by atoms with E-state index in [-0.39, 0.29) is 12.0 Å². The molecule has 0 aliphatic heterocycles. The Bertz CT molecular complexity index is 1720. The SMILES string of the molecule is CCCCCCCCCCCCOCCCCCCCCCCCCCOC(CC)Oc1ccc(-c2nc(-c3ccc(C)cc3C)nc(-c3ccc(C)cc3C)n2)c(O)c1. The predicted molar refractivity (Wildman–Crippen MR) is 251 cm³/mol. The second-order valence-corrected chi connectivity index (χ2v) is 17.1. The second kappa shape index (κ2) is 28.7. The van der Waals surface area contributed by atoms with Crippen molar-refractivity contribution in [1.82, 2.24) is 15.0 Å². The number of hydrogen-bond donors (Lipinski definition) is 1. The van der Waals surface area contributed by atoms with E-state index >= 15 is 0 Å². The van der Waals surface area contributed by atoms with Gasteiger partial charge in [0.05, 0.1) is 12.2 Å². The van der Waals surface area contributed by atoms with E-state index in [1.165, 1.54) is 140 Å². The Morgan fingerprint density at radius 1 is 0.467 bits per heavy atom. The van der Waals surface area contributed by atoms with Gasteiger partial charge in [-0.2, -0.15) is 0 Å². The molecule has 330 valence electrons. The first-order chi connectivity index (χ1) is 29.3. The van der Waals surface area contributed by atoms with Crippen molar-refractivity contribution >= 4 is 0 Å². The molecule has 4 rings (SSSR count). The van der Waals surface area contributed by atoms with Gasteiger partial charge < -0.3 is 19.3 Å². The first kappa shape index (κ1) is 48.9. The van der Waals surface area contributed by atoms with Crippen molar-refractivity contribution in [3.63, 3.8) is 0 Å². The number of phenols is 1. The molecule has 60 heavy (non-hydrogen) atoms. The highest BCUT2D eigenvalue weighted by Crippen LogP contribution is 2.34. The van der Waals surface area contributed by atoms with Gasteiger partial charge in [0, 0.05) is 36.8 Å². The zero-order valence-corrected chi connectivity index (χ0v) is 38.5. The molecule has 0 bridgehead atoms. The first-order valence-electron chi connectivity index (χ1n) is 23.9. The number of nitrogens with zero attached hydrogens (tertiary/aromatic N) is 3. The Balaban J connectivity index is 1.09. The molecule has 1 aromatic heterocycles. The minimum absolute atomic E-state index is 0.0475. The van der Waals surface area contributed by atoms with Crippen LogP contribution in [-0.4, -0.2) is 46.2 Å². The van der Waals surface area contributed by atoms with Gasteiger partial charge in [0.15, 0.2) is 23.8 Å². The molecule has 1 unspecified atom stereocenters. The molecule has 0 aliphatic carbocycles. The van der Waals surface area contributed by atoms with Gasteiger partial charge in [0.2, 0.25) is 0 Å². The van der Waals surface area contributed by atoms with Gasteiger partial charge in [-0.1, -0.05) is 177 Å². The number of ether oxygens (including phenoxy) is 3. The summed E-state index contributed by atoms with van der Waals surface area (Å²) < 4.78 is 18.2. The van der Waals surface area contributed by atoms with Crippen LogP contribution in [0.25, 0.3) is 34.2 Å². The van der Waals surface area contributed by atoms with E-state index in [0.29, 0.717) is 41.8 Å². The van der Waals surface area contributed by atoms with Crippen LogP contribution in [0.3, 0.4) is 0 Å². The van der Waals surface area contributed by atoms with E-state index in [0.717, 1.165) is 41.9 Å². The van der Waals surface area contributed by atoms with E-state index in [4.69, 9.17) is 29.2 Å². The fourth-order valence-electron chi connectivity index (χ4n) is 7.93. The van der Waals surface area contributed by atoms with Crippen LogP contribution in [0.5, 0.6) is 11.5 Å². The summed E-state index contributed by atoms with van der Waals surface area (Å²) in [5, 5.41) is 11.3. The van der Waals surface area contributed by atoms with Crippen molar-refractivity contribution < 1.29 is 19.3 Å². The number of aryl methyl sites for hydroxylation is 4. The molecule has 0 saturated carbocycles. The van der Waals surface area contributed by atoms with Gasteiger partial charge in [-0.25, -0.2) is 15.0 Å². The molecule has 7 heteroatoms. The molecular formula is C53H79N3O4. The highest BCUT2D eigenvalue weighted by molar-refractivity contribution is 5.72. The summed E-state index contributed by atoms with van der Waals surface area (Å²) in [5.74, 6) is 2.15. The van der Waals surface area contributed by atoms with E-state index in [1.54, 1.807) is 6.07 Å². The quantitative estimate of drug-likeness (QED) is 0.0388. The molecule has 0 aliphatic rings. The maximum atomic E-state index is 11.3. The number of aromatic nitrogens is 3. The summed E-state index contributed by atoms with van der Waals surface area (Å²) in [6, 6.07) is 17.8. The Hall–Kier alpha value is -3.81. The Kier molecular flexibility index (Phi) is 23.3. The van der Waals surface area contributed by atoms with Gasteiger partial charge in [-0.15, -0.1) is 0 Å². The van der Waals surface area contributed by atoms with Crippen LogP contribution in [0.1, 0.15) is 177 Å². The normalized spacial score (nSPS) is 12.0. The van der Waals surface area contributed by atoms with Gasteiger partial charge >= 0.3 is 0 Å². The Labute approximate surface area is 364 Å². The number of phenolic OH excluding ortho intramolecular Hbond substituents is 1. The van der Waals surface area contributed by atoms with Crippen molar-refractivity contribution in [2.24, 2.45) is 0 Å². The molecular weight excluding hydrogens is 743 g/mol. The maximum absolute atomic E-state index is 11.3. The molecule has 0 fully saturated rings. The summed E-state index contributed by atoms with van der Waals surface area (Å²) >= 11 is 0. The molecule has 7 nitrogen and oxygen atoms in total. The van der Waals surface area contributed by atoms with Crippen molar-refractivity contribution in [3.05, 3.63) is 76.9 Å². The van der Waals surface area contributed by atoms with Gasteiger partial charge in [-0.05, 0) is 70.2 Å². The van der Waals surface area contributed by atoms with Crippen LogP contribution in [-0.2, 0) is 9.47 Å². The van der Waals surface area contributed by atoms with E-state index in [1.807, 2.05) is 12.1 Å². The summed E-state index contributed by atoms with van der Waals surface area (Å²) in [4.78, 5) is 14.7. The maximum Gasteiger partial charge on any atom is 0.199 e. The minimum atomic E-state index is -0.379. The van der Waals surface area contributed by atoms with Crippen LogP contribution >= 0.6 is 0 Å². The zero-order chi connectivity index (χ0) is 42.8. The molecule has 1 heterocycles. The van der Waals surface area contributed by atoms with Crippen molar-refractivity contribution in [2.45, 2.75) is 189 Å². The highest BCUT2D eigenvalue weighted by atomic mass is 16.7. The number of hydrogen-bond acceptors (Lipinski definition) is 7. The second-order valence-electron chi connectivity index (χ2n) is 17.1. The zero-order valence-electron chi connectivity index (χ0n) is 38.5. The van der Waals surface area contributed by atoms with Crippen LogP contribution in [0.2, 0.25) is 0 Å². The summed E-state index contributed by atoms with van der Waals surface area (Å²) in [7, 11) is 0. The molecule has 0 saturated heterocycles. The lowest BCUT2D eigenvalue weighted by Crippen LogP contribution is -2.20. The number of rotatable bonds is 32. The fourth-order valence-corrected chi connectivity index (χ4v) is 7.93. The van der Waals surface area contributed by atoms with E-state index in [9.17, 15) is 5.11 Å². The van der Waals surface area contributed by atoms with Crippen LogP contribution < -0.4 is 4.74 Å². The standard InChI is InChI=1S/C53H79N3O4/c1-7-9-10-11-12-13-17-20-23-26-35-58-36-27-24-21-18-15-14-16-19-22-25-28-37-59-50(8-2)60-45-31-34-48(49(57)40-45)53-55-51(46-32-29-41(3)38-43(46)5)54-52(56-53)47-33-30-42(4)39-44(47)6/h29-34,38-40,50,57H,7-28,35-37H2,1-6H3. The minimum Gasteiger partial charge on any atom is -0.507 e. The monoisotopic (exact) mass is 822 g/mol. The predicted octanol–water partition coefficient (Wildman–Crippen LogP) is 15.2. The van der Waals surface area contributed by atoms with Gasteiger partial charge in [0.25, 0.3) is 0 Å². The van der Waals surface area contributed by atoms with Crippen molar-refractivity contribution in [2.75, 3.05) is 19.8 Å². The third kappa shape index (κ3) is 18.0. The molecule has 0 radical (unpaired) electrons. The molecule has 1 N–H and O–H groups in total. The lowest BCUT2D eigenvalue weighted by Gasteiger charge is -2.19. The average molecular weight is 822 g/mol. The largest absolute Gasteiger partial charge is 0.507 e. The molecule has 4 aromatic rings. The molecule has 1 atom stereocenters. The van der Waals surface area contributed by atoms with Crippen molar-refractivity contribution in [1.29, 1.82) is 0 Å². The van der Waals surface area contributed by atoms with E-state index in [2.05, 4.69) is 77.9 Å². The summed E-state index contributed by atoms with van der Waals surface area (Å²) in [6.07, 6.45) is 28.1. The smallest absolute Gasteiger partial charge is 0.199 e. The first-order valence-corrected chi connectivity index (χ1v) is 23.9. The fraction of sp³-hybridized carbons (Fsp3) is 0.604. The number of aromatic hydroxyl groups is 1. The van der Waals surface area contributed by atoms with Crippen LogP contribution in [0.4, 0.5) is 0 Å². The lowest BCUT2D eigenvalue weighted by molar-refractivity contribution is -0.0826. The van der Waals surface area contributed by atoms with Gasteiger partial charge in [0.1, 0.15) is 11.5 Å². The summed E-state index contributed by atoms with van der Waals surface area (Å²) in [5.41, 5.74) is 6.91. The van der Waals surface area contributed by atoms with Crippen LogP contribution in [0.15, 0.2) is 54.6 Å². The third-order valence-electron chi connectivity index (χ3n) is 11.6. The van der Waals surface area contributed by atoms with Crippen LogP contribution in [0, 0.1) is 27.7 Å². The van der Waals surface area contributed by atoms with E-state index < -0.39 is 0 Å². The molecule has 3 aromatic carbocycles. The number of benzene rings is 3. The molecule has 0 spiro atoms. The Morgan fingerprint density at radius 3 is 1.28 bits per heavy atom. The third-order valence-corrected chi connectivity index (χ3v) is 11.6. The van der Waals surface area contributed by atoms with Crippen molar-refractivity contribution in [3.8, 4) is 45.7 Å². The summed E-state index contributed by atoms with van der Waals surface area (Å²) in [6.45, 7) is 15.2. The lowest BCUT2D eigenvalue weighted by atomic mass is 10.0. The Morgan fingerprint density at radius 2 is 0.867 bits per heavy atom. The highest BCUT2D eigenvalue weighted by Gasteiger charge is 2.18.